The summed E-state index contributed by atoms with van der Waals surface area (Å²) in [6.07, 6.45) is 1.35. The van der Waals surface area contributed by atoms with E-state index in [0.29, 0.717) is 0 Å². The van der Waals surface area contributed by atoms with E-state index in [9.17, 15) is 0 Å². The molecule has 0 fully saturated rings. The Bertz CT molecular complexity index is 290. The maximum absolute atomic E-state index is 5.68. The second kappa shape index (κ2) is 4.50. The Morgan fingerprint density at radius 2 is 1.64 bits per heavy atom. The van der Waals surface area contributed by atoms with Crippen molar-refractivity contribution in [2.24, 2.45) is 0 Å². The summed E-state index contributed by atoms with van der Waals surface area (Å²) in [6.45, 7) is 10.6. The zero-order valence-corrected chi connectivity index (χ0v) is 9.85. The largest absolute Gasteiger partial charge is 0.491 e. The molecule has 0 saturated carbocycles. The molecule has 14 heavy (non-hydrogen) atoms. The van der Waals surface area contributed by atoms with E-state index in [4.69, 9.17) is 4.74 Å². The van der Waals surface area contributed by atoms with Crippen LogP contribution in [0.4, 0.5) is 0 Å². The molecule has 0 aliphatic carbocycles. The lowest BCUT2D eigenvalue weighted by Gasteiger charge is -2.14. The fourth-order valence-electron chi connectivity index (χ4n) is 1.85. The summed E-state index contributed by atoms with van der Waals surface area (Å²) in [6, 6.07) is 4.26. The van der Waals surface area contributed by atoms with Gasteiger partial charge >= 0.3 is 0 Å². The van der Waals surface area contributed by atoms with Gasteiger partial charge in [-0.3, -0.25) is 0 Å². The van der Waals surface area contributed by atoms with Crippen molar-refractivity contribution in [1.82, 2.24) is 0 Å². The van der Waals surface area contributed by atoms with Gasteiger partial charge in [-0.15, -0.1) is 0 Å². The Balaban J connectivity index is 3.01. The minimum atomic E-state index is 0.251. The molecular weight excluding hydrogens is 172 g/mol. The zero-order chi connectivity index (χ0) is 10.7. The van der Waals surface area contributed by atoms with Gasteiger partial charge in [0, 0.05) is 0 Å². The molecular formula is C13H20O. The highest BCUT2D eigenvalue weighted by atomic mass is 16.5. The first-order valence-electron chi connectivity index (χ1n) is 5.31. The first-order chi connectivity index (χ1) is 6.54. The van der Waals surface area contributed by atoms with Gasteiger partial charge in [0.05, 0.1) is 6.10 Å². The van der Waals surface area contributed by atoms with Crippen LogP contribution in [0.5, 0.6) is 5.75 Å². The number of ether oxygens (including phenoxy) is 1. The summed E-state index contributed by atoms with van der Waals surface area (Å²) < 4.78 is 5.68. The highest BCUT2D eigenvalue weighted by Gasteiger charge is 2.04. The van der Waals surface area contributed by atoms with Gasteiger partial charge in [0.25, 0.3) is 0 Å². The molecule has 0 atom stereocenters. The Morgan fingerprint density at radius 1 is 1.14 bits per heavy atom. The maximum Gasteiger partial charge on any atom is 0.120 e. The molecule has 0 N–H and O–H groups in total. The van der Waals surface area contributed by atoms with E-state index in [2.05, 4.69) is 46.8 Å². The van der Waals surface area contributed by atoms with E-state index in [-0.39, 0.29) is 6.10 Å². The van der Waals surface area contributed by atoms with Crippen LogP contribution < -0.4 is 4.74 Å². The van der Waals surface area contributed by atoms with Crippen molar-refractivity contribution in [2.75, 3.05) is 0 Å². The minimum absolute atomic E-state index is 0.251. The zero-order valence-electron chi connectivity index (χ0n) is 9.85. The lowest BCUT2D eigenvalue weighted by atomic mass is 10.0. The van der Waals surface area contributed by atoms with Crippen LogP contribution in [0.15, 0.2) is 12.1 Å². The highest BCUT2D eigenvalue weighted by molar-refractivity contribution is 5.41. The van der Waals surface area contributed by atoms with Gasteiger partial charge in [0.15, 0.2) is 0 Å². The number of hydrogen-bond donors (Lipinski definition) is 0. The summed E-state index contributed by atoms with van der Waals surface area (Å²) in [5.41, 5.74) is 4.12. The SMILES string of the molecule is CCc1c(C)cc(OC(C)C)cc1C. The fraction of sp³-hybridized carbons (Fsp3) is 0.538. The van der Waals surface area contributed by atoms with E-state index >= 15 is 0 Å². The molecule has 0 saturated heterocycles. The van der Waals surface area contributed by atoms with Crippen LogP contribution in [0.1, 0.15) is 37.5 Å². The summed E-state index contributed by atoms with van der Waals surface area (Å²) >= 11 is 0. The third kappa shape index (κ3) is 2.50. The molecule has 0 heterocycles. The molecule has 1 heteroatoms. The van der Waals surface area contributed by atoms with Crippen LogP contribution in [0.2, 0.25) is 0 Å². The second-order valence-corrected chi connectivity index (χ2v) is 4.06. The van der Waals surface area contributed by atoms with Crippen molar-refractivity contribution in [2.45, 2.75) is 47.1 Å². The van der Waals surface area contributed by atoms with Gasteiger partial charge in [-0.05, 0) is 62.9 Å². The highest BCUT2D eigenvalue weighted by Crippen LogP contribution is 2.22. The van der Waals surface area contributed by atoms with E-state index in [1.807, 2.05) is 0 Å². The number of rotatable bonds is 3. The van der Waals surface area contributed by atoms with Crippen molar-refractivity contribution < 1.29 is 4.74 Å². The Morgan fingerprint density at radius 3 is 2.00 bits per heavy atom. The molecule has 1 nitrogen and oxygen atoms in total. The average molecular weight is 192 g/mol. The van der Waals surface area contributed by atoms with Crippen LogP contribution in [0.25, 0.3) is 0 Å². The molecule has 0 spiro atoms. The predicted molar refractivity (Wildman–Crippen MR) is 61.1 cm³/mol. The minimum Gasteiger partial charge on any atom is -0.491 e. The Kier molecular flexibility index (Phi) is 3.56. The molecule has 1 aromatic carbocycles. The standard InChI is InChI=1S/C13H20O/c1-6-13-10(4)7-12(8-11(13)5)14-9(2)3/h7-9H,6H2,1-5H3. The molecule has 0 bridgehead atoms. The summed E-state index contributed by atoms with van der Waals surface area (Å²) in [5.74, 6) is 0.993. The van der Waals surface area contributed by atoms with Crippen molar-refractivity contribution in [1.29, 1.82) is 0 Å². The van der Waals surface area contributed by atoms with Gasteiger partial charge in [0.2, 0.25) is 0 Å². The first kappa shape index (κ1) is 11.1. The molecule has 1 rings (SSSR count). The van der Waals surface area contributed by atoms with Crippen LogP contribution in [-0.4, -0.2) is 6.10 Å². The van der Waals surface area contributed by atoms with Crippen molar-refractivity contribution >= 4 is 0 Å². The Labute approximate surface area is 87.1 Å². The summed E-state index contributed by atoms with van der Waals surface area (Å²) in [4.78, 5) is 0. The smallest absolute Gasteiger partial charge is 0.120 e. The molecule has 78 valence electrons. The van der Waals surface area contributed by atoms with Gasteiger partial charge < -0.3 is 4.74 Å². The lowest BCUT2D eigenvalue weighted by molar-refractivity contribution is 0.242. The van der Waals surface area contributed by atoms with E-state index < -0.39 is 0 Å². The van der Waals surface area contributed by atoms with Crippen LogP contribution in [0, 0.1) is 13.8 Å². The fourth-order valence-corrected chi connectivity index (χ4v) is 1.85. The van der Waals surface area contributed by atoms with Gasteiger partial charge in [-0.1, -0.05) is 6.92 Å². The third-order valence-electron chi connectivity index (χ3n) is 2.39. The number of aryl methyl sites for hydroxylation is 2. The van der Waals surface area contributed by atoms with E-state index in [0.717, 1.165) is 12.2 Å². The van der Waals surface area contributed by atoms with E-state index in [1.165, 1.54) is 16.7 Å². The molecule has 0 amide bonds. The first-order valence-corrected chi connectivity index (χ1v) is 5.31. The molecule has 0 aliphatic heterocycles. The van der Waals surface area contributed by atoms with E-state index in [1.54, 1.807) is 0 Å². The Hall–Kier alpha value is -0.980. The molecule has 0 aromatic heterocycles. The van der Waals surface area contributed by atoms with Gasteiger partial charge in [-0.2, -0.15) is 0 Å². The normalized spacial score (nSPS) is 10.7. The van der Waals surface area contributed by atoms with Crippen molar-refractivity contribution in [3.05, 3.63) is 28.8 Å². The van der Waals surface area contributed by atoms with Crippen molar-refractivity contribution in [3.8, 4) is 5.75 Å². The lowest BCUT2D eigenvalue weighted by Crippen LogP contribution is -2.06. The quantitative estimate of drug-likeness (QED) is 0.710. The third-order valence-corrected chi connectivity index (χ3v) is 2.39. The predicted octanol–water partition coefficient (Wildman–Crippen LogP) is 3.65. The van der Waals surface area contributed by atoms with Crippen LogP contribution in [-0.2, 0) is 6.42 Å². The van der Waals surface area contributed by atoms with Gasteiger partial charge in [0.1, 0.15) is 5.75 Å². The monoisotopic (exact) mass is 192 g/mol. The molecule has 0 aliphatic rings. The second-order valence-electron chi connectivity index (χ2n) is 4.06. The van der Waals surface area contributed by atoms with Crippen LogP contribution >= 0.6 is 0 Å². The summed E-state index contributed by atoms with van der Waals surface area (Å²) in [5, 5.41) is 0. The number of hydrogen-bond acceptors (Lipinski definition) is 1. The molecule has 0 radical (unpaired) electrons. The van der Waals surface area contributed by atoms with Gasteiger partial charge in [-0.25, -0.2) is 0 Å². The topological polar surface area (TPSA) is 9.23 Å². The molecule has 1 aromatic rings. The van der Waals surface area contributed by atoms with Crippen LogP contribution in [0.3, 0.4) is 0 Å². The molecule has 0 unspecified atom stereocenters. The number of benzene rings is 1. The summed E-state index contributed by atoms with van der Waals surface area (Å²) in [7, 11) is 0. The van der Waals surface area contributed by atoms with Crippen molar-refractivity contribution in [3.63, 3.8) is 0 Å². The maximum atomic E-state index is 5.68. The average Bonchev–Trinajstić information content (AvgIpc) is 2.01.